The molecule has 4 nitrogen and oxygen atoms in total. The second kappa shape index (κ2) is 9.01. The maximum absolute atomic E-state index is 5.61. The molecule has 0 amide bonds. The van der Waals surface area contributed by atoms with Crippen LogP contribution in [0.25, 0.3) is 0 Å². The number of rotatable bonds is 6. The molecule has 1 fully saturated rings. The number of quaternary nitrogens is 1. The average Bonchev–Trinajstić information content (AvgIpc) is 3.17. The van der Waals surface area contributed by atoms with Crippen molar-refractivity contribution in [2.45, 2.75) is 25.8 Å². The van der Waals surface area contributed by atoms with Crippen LogP contribution in [0.4, 0.5) is 5.69 Å². The molecule has 0 aromatic heterocycles. The molecule has 1 saturated heterocycles. The van der Waals surface area contributed by atoms with Gasteiger partial charge in [-0.1, -0.05) is 24.3 Å². The minimum absolute atomic E-state index is 0.325. The first-order valence-electron chi connectivity index (χ1n) is 9.26. The van der Waals surface area contributed by atoms with Gasteiger partial charge in [0.25, 0.3) is 0 Å². The number of thiocarbonyl (C=S) groups is 1. The van der Waals surface area contributed by atoms with E-state index in [1.54, 1.807) is 12.0 Å². The van der Waals surface area contributed by atoms with E-state index in [-0.39, 0.29) is 0 Å². The quantitative estimate of drug-likeness (QED) is 0.684. The van der Waals surface area contributed by atoms with Gasteiger partial charge in [0.1, 0.15) is 11.8 Å². The molecule has 0 spiro atoms. The molecule has 26 heavy (non-hydrogen) atoms. The van der Waals surface area contributed by atoms with Gasteiger partial charge < -0.3 is 20.3 Å². The van der Waals surface area contributed by atoms with Crippen molar-refractivity contribution in [1.29, 1.82) is 0 Å². The molecule has 1 aliphatic heterocycles. The zero-order valence-electron chi connectivity index (χ0n) is 15.5. The third-order valence-electron chi connectivity index (χ3n) is 5.00. The number of methoxy groups -OCH3 is 1. The highest BCUT2D eigenvalue weighted by atomic mass is 32.1. The monoisotopic (exact) mass is 370 g/mol. The first-order valence-corrected chi connectivity index (χ1v) is 9.67. The summed E-state index contributed by atoms with van der Waals surface area (Å²) >= 11 is 5.52. The van der Waals surface area contributed by atoms with Gasteiger partial charge >= 0.3 is 0 Å². The lowest BCUT2D eigenvalue weighted by atomic mass is 10.0. The predicted molar refractivity (Wildman–Crippen MR) is 111 cm³/mol. The summed E-state index contributed by atoms with van der Waals surface area (Å²) in [6.07, 6.45) is 2.57. The van der Waals surface area contributed by atoms with Crippen molar-refractivity contribution in [1.82, 2.24) is 5.32 Å². The maximum Gasteiger partial charge on any atom is 0.171 e. The molecule has 5 heteroatoms. The molecule has 0 aliphatic carbocycles. The van der Waals surface area contributed by atoms with Gasteiger partial charge in [0.15, 0.2) is 5.11 Å². The van der Waals surface area contributed by atoms with Crippen LogP contribution in [0.15, 0.2) is 48.5 Å². The molecular formula is C21H28N3OS+. The Balaban J connectivity index is 1.69. The molecule has 0 bridgehead atoms. The molecule has 0 radical (unpaired) electrons. The van der Waals surface area contributed by atoms with Gasteiger partial charge in [0.05, 0.1) is 32.3 Å². The van der Waals surface area contributed by atoms with E-state index in [1.807, 2.05) is 24.3 Å². The van der Waals surface area contributed by atoms with E-state index >= 15 is 0 Å². The third kappa shape index (κ3) is 4.74. The van der Waals surface area contributed by atoms with Crippen molar-refractivity contribution in [3.63, 3.8) is 0 Å². The van der Waals surface area contributed by atoms with Crippen molar-refractivity contribution in [3.05, 3.63) is 59.7 Å². The van der Waals surface area contributed by atoms with Gasteiger partial charge in [-0.25, -0.2) is 0 Å². The third-order valence-corrected chi connectivity index (χ3v) is 5.24. The van der Waals surface area contributed by atoms with Crippen LogP contribution < -0.4 is 20.3 Å². The number of ether oxygens (including phenoxy) is 1. The zero-order chi connectivity index (χ0) is 18.4. The predicted octanol–water partition coefficient (Wildman–Crippen LogP) is 2.71. The number of hydrogen-bond acceptors (Lipinski definition) is 2. The van der Waals surface area contributed by atoms with Gasteiger partial charge in [-0.3, -0.25) is 0 Å². The van der Waals surface area contributed by atoms with Gasteiger partial charge in [-0.05, 0) is 49.0 Å². The minimum Gasteiger partial charge on any atom is -0.496 e. The molecule has 0 unspecified atom stereocenters. The summed E-state index contributed by atoms with van der Waals surface area (Å²) in [6.45, 7) is 5.26. The smallest absolute Gasteiger partial charge is 0.171 e. The van der Waals surface area contributed by atoms with Crippen molar-refractivity contribution in [2.24, 2.45) is 0 Å². The first-order chi connectivity index (χ1) is 12.7. The summed E-state index contributed by atoms with van der Waals surface area (Å²) in [5.41, 5.74) is 3.48. The van der Waals surface area contributed by atoms with Crippen molar-refractivity contribution in [2.75, 3.05) is 32.1 Å². The number of para-hydroxylation sites is 1. The SMILES string of the molecule is COc1ccccc1[C@H](CNC(=S)Nc1cccc(C)c1)[NH+]1CCCC1. The standard InChI is InChI=1S/C21H27N3OS/c1-16-8-7-9-17(14-16)23-21(26)22-15-19(24-12-5-6-13-24)18-10-3-4-11-20(18)25-2/h3-4,7-11,14,19H,5-6,12-13,15H2,1-2H3,(H2,22,23,26)/p+1/t19-/m0/s1. The van der Waals surface area contributed by atoms with E-state index in [1.165, 1.54) is 37.1 Å². The van der Waals surface area contributed by atoms with Crippen LogP contribution in [0, 0.1) is 6.92 Å². The lowest BCUT2D eigenvalue weighted by Crippen LogP contribution is -3.11. The van der Waals surface area contributed by atoms with Crippen LogP contribution in [0.2, 0.25) is 0 Å². The Bertz CT molecular complexity index is 744. The fourth-order valence-electron chi connectivity index (χ4n) is 3.70. The van der Waals surface area contributed by atoms with Crippen LogP contribution in [-0.2, 0) is 0 Å². The Labute approximate surface area is 161 Å². The molecule has 3 rings (SSSR count). The fraction of sp³-hybridized carbons (Fsp3) is 0.381. The molecule has 2 aromatic rings. The van der Waals surface area contributed by atoms with Crippen LogP contribution >= 0.6 is 12.2 Å². The summed E-state index contributed by atoms with van der Waals surface area (Å²) in [5.74, 6) is 0.955. The Morgan fingerprint density at radius 2 is 1.92 bits per heavy atom. The summed E-state index contributed by atoms with van der Waals surface area (Å²) in [5, 5.41) is 7.37. The van der Waals surface area contributed by atoms with E-state index in [9.17, 15) is 0 Å². The molecule has 1 heterocycles. The molecule has 0 saturated carbocycles. The largest absolute Gasteiger partial charge is 0.496 e. The molecule has 1 atom stereocenters. The first kappa shape index (κ1) is 18.7. The number of aryl methyl sites for hydroxylation is 1. The zero-order valence-corrected chi connectivity index (χ0v) is 16.4. The Kier molecular flexibility index (Phi) is 6.47. The van der Waals surface area contributed by atoms with Gasteiger partial charge in [0.2, 0.25) is 0 Å². The number of hydrogen-bond donors (Lipinski definition) is 3. The Morgan fingerprint density at radius 3 is 2.65 bits per heavy atom. The molecule has 138 valence electrons. The van der Waals surface area contributed by atoms with Crippen molar-refractivity contribution in [3.8, 4) is 5.75 Å². The molecular weight excluding hydrogens is 342 g/mol. The molecule has 1 aliphatic rings. The lowest BCUT2D eigenvalue weighted by Gasteiger charge is -2.27. The molecule has 3 N–H and O–H groups in total. The highest BCUT2D eigenvalue weighted by Gasteiger charge is 2.29. The fourth-order valence-corrected chi connectivity index (χ4v) is 3.90. The highest BCUT2D eigenvalue weighted by molar-refractivity contribution is 7.80. The van der Waals surface area contributed by atoms with Gasteiger partial charge in [-0.15, -0.1) is 0 Å². The second-order valence-electron chi connectivity index (χ2n) is 6.86. The topological polar surface area (TPSA) is 37.7 Å². The second-order valence-corrected chi connectivity index (χ2v) is 7.27. The average molecular weight is 371 g/mol. The van der Waals surface area contributed by atoms with E-state index in [4.69, 9.17) is 17.0 Å². The highest BCUT2D eigenvalue weighted by Crippen LogP contribution is 2.23. The number of anilines is 1. The summed E-state index contributed by atoms with van der Waals surface area (Å²) in [6, 6.07) is 16.9. The summed E-state index contributed by atoms with van der Waals surface area (Å²) in [7, 11) is 1.74. The van der Waals surface area contributed by atoms with E-state index in [0.29, 0.717) is 11.2 Å². The van der Waals surface area contributed by atoms with Crippen LogP contribution in [0.1, 0.15) is 30.0 Å². The van der Waals surface area contributed by atoms with E-state index in [0.717, 1.165) is 18.0 Å². The van der Waals surface area contributed by atoms with Crippen LogP contribution in [0.5, 0.6) is 5.75 Å². The van der Waals surface area contributed by atoms with Gasteiger partial charge in [-0.2, -0.15) is 0 Å². The Hall–Kier alpha value is -2.11. The number of benzene rings is 2. The number of likely N-dealkylation sites (tertiary alicyclic amines) is 1. The Morgan fingerprint density at radius 1 is 1.15 bits per heavy atom. The summed E-state index contributed by atoms with van der Waals surface area (Å²) in [4.78, 5) is 1.60. The normalized spacial score (nSPS) is 15.5. The lowest BCUT2D eigenvalue weighted by molar-refractivity contribution is -0.918. The van der Waals surface area contributed by atoms with Crippen LogP contribution in [0.3, 0.4) is 0 Å². The van der Waals surface area contributed by atoms with Crippen LogP contribution in [-0.4, -0.2) is 31.9 Å². The van der Waals surface area contributed by atoms with Gasteiger partial charge in [0, 0.05) is 18.5 Å². The van der Waals surface area contributed by atoms with Crippen molar-refractivity contribution < 1.29 is 9.64 Å². The molecule has 2 aromatic carbocycles. The number of nitrogens with one attached hydrogen (secondary N) is 3. The van der Waals surface area contributed by atoms with E-state index in [2.05, 4.69) is 41.8 Å². The van der Waals surface area contributed by atoms with Crippen molar-refractivity contribution >= 4 is 23.0 Å². The summed E-state index contributed by atoms with van der Waals surface area (Å²) < 4.78 is 5.61. The maximum atomic E-state index is 5.61. The van der Waals surface area contributed by atoms with E-state index < -0.39 is 0 Å². The minimum atomic E-state index is 0.325.